The summed E-state index contributed by atoms with van der Waals surface area (Å²) in [4.78, 5) is 30.1. The van der Waals surface area contributed by atoms with Crippen molar-refractivity contribution in [1.82, 2.24) is 34.4 Å². The van der Waals surface area contributed by atoms with E-state index in [1.807, 2.05) is 18.7 Å². The van der Waals surface area contributed by atoms with E-state index in [0.29, 0.717) is 44.3 Å². The van der Waals surface area contributed by atoms with E-state index in [-0.39, 0.29) is 29.5 Å². The van der Waals surface area contributed by atoms with Crippen LogP contribution in [0.2, 0.25) is 0 Å². The van der Waals surface area contributed by atoms with Gasteiger partial charge in [0.2, 0.25) is 23.6 Å². The number of rotatable bonds is 7. The van der Waals surface area contributed by atoms with Crippen LogP contribution in [0.1, 0.15) is 27.7 Å². The van der Waals surface area contributed by atoms with Gasteiger partial charge in [0.1, 0.15) is 11.7 Å². The number of nitrogens with zero attached hydrogens (tertiary/aromatic N) is 7. The summed E-state index contributed by atoms with van der Waals surface area (Å²) >= 11 is 0. The average Bonchev–Trinajstić information content (AvgIpc) is 3.40. The number of fused-ring (bicyclic) bond motifs is 1. The quantitative estimate of drug-likeness (QED) is 0.542. The van der Waals surface area contributed by atoms with Gasteiger partial charge in [0.05, 0.1) is 6.26 Å². The molecule has 0 aromatic carbocycles. The lowest BCUT2D eigenvalue weighted by Crippen LogP contribution is -2.55. The number of nitrogens with two attached hydrogens (primary N) is 1. The van der Waals surface area contributed by atoms with Crippen LogP contribution in [0.3, 0.4) is 0 Å². The summed E-state index contributed by atoms with van der Waals surface area (Å²) in [6.07, 6.45) is 1.53. The molecule has 1 amide bonds. The fourth-order valence-corrected chi connectivity index (χ4v) is 3.89. The second kappa shape index (κ2) is 8.93. The lowest BCUT2D eigenvalue weighted by atomic mass is 10.0. The molecule has 3 aromatic heterocycles. The zero-order valence-corrected chi connectivity index (χ0v) is 19.3. The first-order chi connectivity index (χ1) is 15.6. The molecule has 4 rings (SSSR count). The van der Waals surface area contributed by atoms with Crippen LogP contribution in [-0.2, 0) is 4.79 Å². The van der Waals surface area contributed by atoms with Gasteiger partial charge in [-0.05, 0) is 31.9 Å². The molecule has 1 atom stereocenters. The fourth-order valence-electron chi connectivity index (χ4n) is 3.89. The smallest absolute Gasteiger partial charge is 0.259 e. The minimum absolute atomic E-state index is 0.0297. The second-order valence-corrected chi connectivity index (χ2v) is 9.22. The number of nitrogen functional groups attached to an aromatic ring is 1. The molecule has 1 saturated heterocycles. The molecule has 178 valence electrons. The van der Waals surface area contributed by atoms with E-state index in [9.17, 15) is 9.18 Å². The first-order valence-electron chi connectivity index (χ1n) is 11.0. The van der Waals surface area contributed by atoms with Gasteiger partial charge in [-0.2, -0.15) is 19.5 Å². The number of furan rings is 1. The van der Waals surface area contributed by atoms with Crippen LogP contribution in [0.25, 0.3) is 17.4 Å². The Morgan fingerprint density at radius 1 is 1.24 bits per heavy atom. The number of amides is 1. The first-order valence-corrected chi connectivity index (χ1v) is 11.0. The normalized spacial score (nSPS) is 16.5. The third kappa shape index (κ3) is 5.21. The number of carbonyl (C=O) groups is 1. The number of hydrogen-bond acceptors (Lipinski definition) is 9. The number of halogens is 1. The molecule has 1 unspecified atom stereocenters. The molecule has 1 fully saturated rings. The van der Waals surface area contributed by atoms with Gasteiger partial charge in [0.25, 0.3) is 5.78 Å². The molecule has 0 radical (unpaired) electrons. The van der Waals surface area contributed by atoms with Crippen LogP contribution in [-0.4, -0.2) is 84.7 Å². The lowest BCUT2D eigenvalue weighted by molar-refractivity contribution is -0.134. The third-order valence-corrected chi connectivity index (χ3v) is 5.48. The number of piperazine rings is 1. The average molecular weight is 460 g/mol. The molecule has 11 nitrogen and oxygen atoms in total. The summed E-state index contributed by atoms with van der Waals surface area (Å²) < 4.78 is 20.6. The standard InChI is InChI=1S/C21H30FN9O2/c1-13(2)15(17(32)30-9-7-29(8-10-30)12-21(3,4)22)24-19-26-18(23)31-20(27-19)25-16(28-31)14-6-5-11-33-14/h5-6,11,13,15H,7-10,12H2,1-4H3,(H3,23,24,25,26,27,28). The van der Waals surface area contributed by atoms with Crippen molar-refractivity contribution in [3.63, 3.8) is 0 Å². The van der Waals surface area contributed by atoms with E-state index in [1.54, 1.807) is 30.9 Å². The minimum Gasteiger partial charge on any atom is -0.461 e. The zero-order valence-electron chi connectivity index (χ0n) is 19.3. The van der Waals surface area contributed by atoms with Crippen molar-refractivity contribution in [2.24, 2.45) is 5.92 Å². The van der Waals surface area contributed by atoms with Gasteiger partial charge in [-0.15, -0.1) is 5.10 Å². The van der Waals surface area contributed by atoms with Crippen LogP contribution in [0.15, 0.2) is 22.8 Å². The summed E-state index contributed by atoms with van der Waals surface area (Å²) in [7, 11) is 0. The first kappa shape index (κ1) is 22.9. The Balaban J connectivity index is 1.48. The highest BCUT2D eigenvalue weighted by Crippen LogP contribution is 2.20. The van der Waals surface area contributed by atoms with Crippen molar-refractivity contribution < 1.29 is 13.6 Å². The highest BCUT2D eigenvalue weighted by atomic mass is 19.1. The minimum atomic E-state index is -1.26. The third-order valence-electron chi connectivity index (χ3n) is 5.48. The number of anilines is 2. The number of nitrogens with one attached hydrogen (secondary N) is 1. The number of alkyl halides is 1. The Labute approximate surface area is 191 Å². The summed E-state index contributed by atoms with van der Waals surface area (Å²) in [6, 6.07) is 2.92. The van der Waals surface area contributed by atoms with Crippen molar-refractivity contribution in [3.8, 4) is 11.6 Å². The summed E-state index contributed by atoms with van der Waals surface area (Å²) in [6.45, 7) is 9.74. The van der Waals surface area contributed by atoms with E-state index in [0.717, 1.165) is 0 Å². The molecular weight excluding hydrogens is 429 g/mol. The SMILES string of the molecule is CC(C)C(Nc1nc(N)n2nc(-c3ccco3)nc2n1)C(=O)N1CCN(CC(C)(C)F)CC1. The number of aromatic nitrogens is 5. The van der Waals surface area contributed by atoms with Gasteiger partial charge in [-0.1, -0.05) is 13.8 Å². The summed E-state index contributed by atoms with van der Waals surface area (Å²) in [5, 5.41) is 7.41. The highest BCUT2D eigenvalue weighted by Gasteiger charge is 2.32. The van der Waals surface area contributed by atoms with Crippen LogP contribution in [0, 0.1) is 5.92 Å². The molecule has 0 aliphatic carbocycles. The molecule has 0 bridgehead atoms. The van der Waals surface area contributed by atoms with E-state index in [4.69, 9.17) is 10.2 Å². The number of hydrogen-bond donors (Lipinski definition) is 2. The Morgan fingerprint density at radius 2 is 1.97 bits per heavy atom. The van der Waals surface area contributed by atoms with E-state index in [2.05, 4.69) is 25.4 Å². The summed E-state index contributed by atoms with van der Waals surface area (Å²) in [5.41, 5.74) is 4.81. The van der Waals surface area contributed by atoms with Gasteiger partial charge in [0.15, 0.2) is 5.76 Å². The Morgan fingerprint density at radius 3 is 2.58 bits per heavy atom. The van der Waals surface area contributed by atoms with Crippen LogP contribution in [0.4, 0.5) is 16.3 Å². The second-order valence-electron chi connectivity index (χ2n) is 9.22. The fraction of sp³-hybridized carbons (Fsp3) is 0.571. The zero-order chi connectivity index (χ0) is 23.8. The van der Waals surface area contributed by atoms with Gasteiger partial charge < -0.3 is 20.4 Å². The molecule has 33 heavy (non-hydrogen) atoms. The maximum atomic E-state index is 14.0. The van der Waals surface area contributed by atoms with Gasteiger partial charge in [0, 0.05) is 32.7 Å². The largest absolute Gasteiger partial charge is 0.461 e. The van der Waals surface area contributed by atoms with Crippen LogP contribution >= 0.6 is 0 Å². The van der Waals surface area contributed by atoms with Crippen molar-refractivity contribution in [2.75, 3.05) is 43.8 Å². The molecule has 1 aliphatic rings. The van der Waals surface area contributed by atoms with Crippen molar-refractivity contribution in [1.29, 1.82) is 0 Å². The molecule has 1 aliphatic heterocycles. The molecule has 0 saturated carbocycles. The van der Waals surface area contributed by atoms with Crippen molar-refractivity contribution >= 4 is 23.6 Å². The molecule has 3 aromatic rings. The van der Waals surface area contributed by atoms with Crippen LogP contribution < -0.4 is 11.1 Å². The monoisotopic (exact) mass is 459 g/mol. The molecule has 3 N–H and O–H groups in total. The molecule has 12 heteroatoms. The topological polar surface area (TPSA) is 131 Å². The molecular formula is C21H30FN9O2. The van der Waals surface area contributed by atoms with Crippen molar-refractivity contribution in [3.05, 3.63) is 18.4 Å². The Bertz CT molecular complexity index is 1100. The van der Waals surface area contributed by atoms with Gasteiger partial charge in [-0.25, -0.2) is 4.39 Å². The van der Waals surface area contributed by atoms with Gasteiger partial charge >= 0.3 is 0 Å². The van der Waals surface area contributed by atoms with Crippen LogP contribution in [0.5, 0.6) is 0 Å². The summed E-state index contributed by atoms with van der Waals surface area (Å²) in [5.74, 6) is 1.27. The molecule has 4 heterocycles. The van der Waals surface area contributed by atoms with E-state index in [1.165, 1.54) is 10.8 Å². The van der Waals surface area contributed by atoms with E-state index < -0.39 is 11.7 Å². The lowest BCUT2D eigenvalue weighted by Gasteiger charge is -2.38. The Hall–Kier alpha value is -3.28. The maximum Gasteiger partial charge on any atom is 0.259 e. The number of carbonyl (C=O) groups excluding carboxylic acids is 1. The highest BCUT2D eigenvalue weighted by molar-refractivity contribution is 5.84. The molecule has 0 spiro atoms. The predicted molar refractivity (Wildman–Crippen MR) is 121 cm³/mol. The Kier molecular flexibility index (Phi) is 6.19. The van der Waals surface area contributed by atoms with E-state index >= 15 is 0 Å². The maximum absolute atomic E-state index is 14.0. The van der Waals surface area contributed by atoms with Crippen molar-refractivity contribution in [2.45, 2.75) is 39.4 Å². The predicted octanol–water partition coefficient (Wildman–Crippen LogP) is 1.69. The van der Waals surface area contributed by atoms with Gasteiger partial charge in [-0.3, -0.25) is 9.69 Å².